The van der Waals surface area contributed by atoms with Gasteiger partial charge in [-0.25, -0.2) is 13.6 Å². The predicted octanol–water partition coefficient (Wildman–Crippen LogP) is 2.60. The van der Waals surface area contributed by atoms with Gasteiger partial charge in [-0.1, -0.05) is 18.2 Å². The van der Waals surface area contributed by atoms with Crippen LogP contribution in [0.1, 0.15) is 31.4 Å². The number of benzene rings is 1. The maximum Gasteiger partial charge on any atom is 0.318 e. The lowest BCUT2D eigenvalue weighted by Crippen LogP contribution is -2.55. The van der Waals surface area contributed by atoms with E-state index in [4.69, 9.17) is 0 Å². The highest BCUT2D eigenvalue weighted by molar-refractivity contribution is 5.86. The highest BCUT2D eigenvalue weighted by Crippen LogP contribution is 2.28. The zero-order valence-corrected chi connectivity index (χ0v) is 14.1. The van der Waals surface area contributed by atoms with Gasteiger partial charge in [0.15, 0.2) is 11.6 Å². The molecule has 0 radical (unpaired) electrons. The number of hydrogen-bond acceptors (Lipinski definition) is 2. The molecule has 1 aliphatic heterocycles. The summed E-state index contributed by atoms with van der Waals surface area (Å²) in [6.45, 7) is 6.52. The van der Waals surface area contributed by atoms with Crippen molar-refractivity contribution in [1.82, 2.24) is 15.1 Å². The molecule has 1 unspecified atom stereocenters. The summed E-state index contributed by atoms with van der Waals surface area (Å²) in [5, 5.41) is 2.76. The monoisotopic (exact) mass is 349 g/mol. The second-order valence-corrected chi connectivity index (χ2v) is 6.64. The number of amides is 3. The summed E-state index contributed by atoms with van der Waals surface area (Å²) < 4.78 is 26.6. The Kier molecular flexibility index (Phi) is 4.74. The Morgan fingerprint density at radius 2 is 2.00 bits per heavy atom. The van der Waals surface area contributed by atoms with Crippen molar-refractivity contribution >= 4 is 11.9 Å². The molecule has 7 heteroatoms. The Balaban J connectivity index is 1.67. The Morgan fingerprint density at radius 3 is 2.56 bits per heavy atom. The van der Waals surface area contributed by atoms with Crippen molar-refractivity contribution in [2.45, 2.75) is 31.8 Å². The Hall–Kier alpha value is -2.44. The second-order valence-electron chi connectivity index (χ2n) is 6.64. The van der Waals surface area contributed by atoms with Gasteiger partial charge in [0.25, 0.3) is 0 Å². The molecule has 2 aliphatic rings. The number of urea groups is 1. The number of nitrogens with zero attached hydrogens (tertiary/aromatic N) is 2. The first kappa shape index (κ1) is 17.4. The maximum atomic E-state index is 13.5. The molecule has 25 heavy (non-hydrogen) atoms. The Morgan fingerprint density at radius 1 is 1.28 bits per heavy atom. The molecule has 0 bridgehead atoms. The van der Waals surface area contributed by atoms with Crippen molar-refractivity contribution in [3.63, 3.8) is 0 Å². The van der Waals surface area contributed by atoms with E-state index < -0.39 is 23.7 Å². The van der Waals surface area contributed by atoms with Crippen molar-refractivity contribution in [1.29, 1.82) is 0 Å². The van der Waals surface area contributed by atoms with Crippen LogP contribution < -0.4 is 5.32 Å². The fourth-order valence-electron chi connectivity index (χ4n) is 3.03. The lowest BCUT2D eigenvalue weighted by Gasteiger charge is -2.35. The standard InChI is InChI=1S/C18H21F2N3O2/c1-11(2)17(12-3-6-14(19)15(20)9-12)21-18(25)22-7-8-23(13-4-5-13)16(24)10-22/h3,6,9,13,17H,1,4-5,7-8,10H2,2H3,(H,21,25). The fraction of sp³-hybridized carbons (Fsp3) is 0.444. The Bertz CT molecular complexity index is 718. The zero-order chi connectivity index (χ0) is 18.1. The third kappa shape index (κ3) is 3.81. The average molecular weight is 349 g/mol. The predicted molar refractivity (Wildman–Crippen MR) is 88.8 cm³/mol. The molecule has 134 valence electrons. The van der Waals surface area contributed by atoms with Crippen molar-refractivity contribution in [2.24, 2.45) is 0 Å². The van der Waals surface area contributed by atoms with E-state index in [0.717, 1.165) is 25.0 Å². The lowest BCUT2D eigenvalue weighted by molar-refractivity contribution is -0.135. The molecule has 0 spiro atoms. The van der Waals surface area contributed by atoms with E-state index in [9.17, 15) is 18.4 Å². The SMILES string of the molecule is C=C(C)C(NC(=O)N1CCN(C2CC2)C(=O)C1)c1ccc(F)c(F)c1. The van der Waals surface area contributed by atoms with Crippen LogP contribution in [-0.2, 0) is 4.79 Å². The third-order valence-corrected chi connectivity index (χ3v) is 4.57. The van der Waals surface area contributed by atoms with Crippen LogP contribution in [0.2, 0.25) is 0 Å². The summed E-state index contributed by atoms with van der Waals surface area (Å²) >= 11 is 0. The van der Waals surface area contributed by atoms with Crippen molar-refractivity contribution in [3.8, 4) is 0 Å². The molecule has 2 fully saturated rings. The van der Waals surface area contributed by atoms with Crippen molar-refractivity contribution < 1.29 is 18.4 Å². The molecule has 3 rings (SSSR count). The number of hydrogen-bond donors (Lipinski definition) is 1. The number of rotatable bonds is 4. The van der Waals surface area contributed by atoms with Crippen LogP contribution >= 0.6 is 0 Å². The highest BCUT2D eigenvalue weighted by atomic mass is 19.2. The summed E-state index contributed by atoms with van der Waals surface area (Å²) in [6.07, 6.45) is 2.07. The maximum absolute atomic E-state index is 13.5. The smallest absolute Gasteiger partial charge is 0.318 e. The lowest BCUT2D eigenvalue weighted by atomic mass is 10.0. The van der Waals surface area contributed by atoms with Gasteiger partial charge in [-0.3, -0.25) is 4.79 Å². The molecule has 1 atom stereocenters. The van der Waals surface area contributed by atoms with Crippen LogP contribution in [0.4, 0.5) is 13.6 Å². The van der Waals surface area contributed by atoms with Gasteiger partial charge in [0.05, 0.1) is 6.04 Å². The first-order valence-corrected chi connectivity index (χ1v) is 8.32. The third-order valence-electron chi connectivity index (χ3n) is 4.57. The molecular formula is C18H21F2N3O2. The summed E-state index contributed by atoms with van der Waals surface area (Å²) in [6, 6.07) is 2.74. The molecule has 1 saturated carbocycles. The van der Waals surface area contributed by atoms with E-state index in [0.29, 0.717) is 30.3 Å². The van der Waals surface area contributed by atoms with E-state index >= 15 is 0 Å². The summed E-state index contributed by atoms with van der Waals surface area (Å²) in [5.74, 6) is -1.98. The van der Waals surface area contributed by atoms with Crippen LogP contribution in [0.15, 0.2) is 30.4 Å². The minimum Gasteiger partial charge on any atom is -0.336 e. The van der Waals surface area contributed by atoms with Crippen LogP contribution in [-0.4, -0.2) is 47.4 Å². The first-order valence-electron chi connectivity index (χ1n) is 8.32. The van der Waals surface area contributed by atoms with Gasteiger partial charge in [-0.05, 0) is 37.5 Å². The van der Waals surface area contributed by atoms with E-state index in [1.54, 1.807) is 6.92 Å². The van der Waals surface area contributed by atoms with E-state index in [2.05, 4.69) is 11.9 Å². The molecule has 1 aromatic rings. The molecule has 3 amide bonds. The van der Waals surface area contributed by atoms with Gasteiger partial charge >= 0.3 is 6.03 Å². The normalized spacial score (nSPS) is 18.9. The number of piperazine rings is 1. The van der Waals surface area contributed by atoms with Gasteiger partial charge < -0.3 is 15.1 Å². The van der Waals surface area contributed by atoms with Crippen LogP contribution in [0.5, 0.6) is 0 Å². The van der Waals surface area contributed by atoms with E-state index in [1.807, 2.05) is 4.90 Å². The highest BCUT2D eigenvalue weighted by Gasteiger charge is 2.37. The molecule has 1 heterocycles. The number of nitrogens with one attached hydrogen (secondary N) is 1. The van der Waals surface area contributed by atoms with Crippen molar-refractivity contribution in [2.75, 3.05) is 19.6 Å². The van der Waals surface area contributed by atoms with E-state index in [-0.39, 0.29) is 12.5 Å². The number of carbonyl (C=O) groups is 2. The summed E-state index contributed by atoms with van der Waals surface area (Å²) in [4.78, 5) is 27.9. The van der Waals surface area contributed by atoms with Crippen LogP contribution in [0, 0.1) is 11.6 Å². The summed E-state index contributed by atoms with van der Waals surface area (Å²) in [7, 11) is 0. The average Bonchev–Trinajstić information content (AvgIpc) is 3.39. The Labute approximate surface area is 145 Å². The van der Waals surface area contributed by atoms with Crippen LogP contribution in [0.25, 0.3) is 0 Å². The molecule has 1 saturated heterocycles. The van der Waals surface area contributed by atoms with Gasteiger partial charge in [0.1, 0.15) is 6.54 Å². The summed E-state index contributed by atoms with van der Waals surface area (Å²) in [5.41, 5.74) is 0.991. The molecule has 5 nitrogen and oxygen atoms in total. The zero-order valence-electron chi connectivity index (χ0n) is 14.1. The quantitative estimate of drug-likeness (QED) is 0.850. The van der Waals surface area contributed by atoms with Gasteiger partial charge in [-0.15, -0.1) is 0 Å². The molecule has 1 N–H and O–H groups in total. The van der Waals surface area contributed by atoms with Gasteiger partial charge in [0, 0.05) is 19.1 Å². The molecule has 0 aromatic heterocycles. The topological polar surface area (TPSA) is 52.7 Å². The fourth-order valence-corrected chi connectivity index (χ4v) is 3.03. The van der Waals surface area contributed by atoms with E-state index in [1.165, 1.54) is 11.0 Å². The molecule has 1 aromatic carbocycles. The number of carbonyl (C=O) groups excluding carboxylic acids is 2. The van der Waals surface area contributed by atoms with Gasteiger partial charge in [-0.2, -0.15) is 0 Å². The second kappa shape index (κ2) is 6.82. The molecular weight excluding hydrogens is 328 g/mol. The van der Waals surface area contributed by atoms with Crippen molar-refractivity contribution in [3.05, 3.63) is 47.5 Å². The minimum atomic E-state index is -0.980. The molecule has 1 aliphatic carbocycles. The first-order chi connectivity index (χ1) is 11.9. The van der Waals surface area contributed by atoms with Crippen LogP contribution in [0.3, 0.4) is 0 Å². The van der Waals surface area contributed by atoms with Gasteiger partial charge in [0.2, 0.25) is 5.91 Å². The largest absolute Gasteiger partial charge is 0.336 e. The minimum absolute atomic E-state index is 0.0308. The number of halogens is 2.